The van der Waals surface area contributed by atoms with Gasteiger partial charge in [-0.15, -0.1) is 11.8 Å². The molecule has 0 unspecified atom stereocenters. The van der Waals surface area contributed by atoms with Gasteiger partial charge in [-0.25, -0.2) is 0 Å². The highest BCUT2D eigenvalue weighted by molar-refractivity contribution is 7.98. The van der Waals surface area contributed by atoms with E-state index in [0.717, 1.165) is 16.2 Å². The molecule has 21 heavy (non-hydrogen) atoms. The number of methoxy groups -OCH3 is 3. The molecule has 5 heteroatoms. The molecule has 4 nitrogen and oxygen atoms in total. The first-order valence-corrected chi connectivity index (χ1v) is 7.37. The van der Waals surface area contributed by atoms with E-state index in [1.807, 2.05) is 24.3 Å². The SMILES string of the molecule is COc1cc(CSc2ccc(O)cc2)cc(OC)c1OC. The molecule has 0 fully saturated rings. The molecule has 0 saturated carbocycles. The van der Waals surface area contributed by atoms with Crippen molar-refractivity contribution < 1.29 is 19.3 Å². The summed E-state index contributed by atoms with van der Waals surface area (Å²) in [7, 11) is 4.80. The van der Waals surface area contributed by atoms with Crippen LogP contribution in [0, 0.1) is 0 Å². The zero-order valence-electron chi connectivity index (χ0n) is 12.3. The molecule has 2 rings (SSSR count). The molecule has 2 aromatic rings. The van der Waals surface area contributed by atoms with Crippen LogP contribution >= 0.6 is 11.8 Å². The number of rotatable bonds is 6. The highest BCUT2D eigenvalue weighted by atomic mass is 32.2. The Bertz CT molecular complexity index is 571. The predicted octanol–water partition coefficient (Wildman–Crippen LogP) is 3.71. The van der Waals surface area contributed by atoms with E-state index in [9.17, 15) is 5.11 Å². The first-order valence-electron chi connectivity index (χ1n) is 6.38. The number of aromatic hydroxyl groups is 1. The molecular formula is C16H18O4S. The highest BCUT2D eigenvalue weighted by Gasteiger charge is 2.13. The van der Waals surface area contributed by atoms with Crippen LogP contribution in [0.25, 0.3) is 0 Å². The van der Waals surface area contributed by atoms with Gasteiger partial charge in [-0.3, -0.25) is 0 Å². The van der Waals surface area contributed by atoms with Gasteiger partial charge in [-0.2, -0.15) is 0 Å². The Hall–Kier alpha value is -2.01. The summed E-state index contributed by atoms with van der Waals surface area (Å²) in [6, 6.07) is 11.0. The van der Waals surface area contributed by atoms with Crippen LogP contribution in [0.1, 0.15) is 5.56 Å². The fourth-order valence-corrected chi connectivity index (χ4v) is 2.76. The standard InChI is InChI=1S/C16H18O4S/c1-18-14-8-11(9-15(19-2)16(14)20-3)10-21-13-6-4-12(17)5-7-13/h4-9,17H,10H2,1-3H3. The third-order valence-corrected chi connectivity index (χ3v) is 4.05. The lowest BCUT2D eigenvalue weighted by molar-refractivity contribution is 0.324. The molecule has 0 saturated heterocycles. The summed E-state index contributed by atoms with van der Waals surface area (Å²) in [6.45, 7) is 0. The van der Waals surface area contributed by atoms with Gasteiger partial charge in [0, 0.05) is 10.6 Å². The van der Waals surface area contributed by atoms with Crippen molar-refractivity contribution in [3.63, 3.8) is 0 Å². The van der Waals surface area contributed by atoms with Gasteiger partial charge < -0.3 is 19.3 Å². The average molecular weight is 306 g/mol. The first-order chi connectivity index (χ1) is 10.2. The van der Waals surface area contributed by atoms with Crippen LogP contribution in [0.5, 0.6) is 23.0 Å². The number of hydrogen-bond acceptors (Lipinski definition) is 5. The summed E-state index contributed by atoms with van der Waals surface area (Å²) in [5, 5.41) is 9.28. The molecule has 112 valence electrons. The van der Waals surface area contributed by atoms with Crippen molar-refractivity contribution in [3.05, 3.63) is 42.0 Å². The molecule has 0 radical (unpaired) electrons. The first kappa shape index (κ1) is 15.4. The summed E-state index contributed by atoms with van der Waals surface area (Å²) >= 11 is 1.67. The topological polar surface area (TPSA) is 47.9 Å². The quantitative estimate of drug-likeness (QED) is 0.824. The molecule has 0 spiro atoms. The van der Waals surface area contributed by atoms with Gasteiger partial charge in [0.25, 0.3) is 0 Å². The van der Waals surface area contributed by atoms with E-state index in [1.54, 1.807) is 45.2 Å². The average Bonchev–Trinajstić information content (AvgIpc) is 2.53. The summed E-state index contributed by atoms with van der Waals surface area (Å²) in [5.41, 5.74) is 1.07. The van der Waals surface area contributed by atoms with Crippen LogP contribution in [0.3, 0.4) is 0 Å². The fraction of sp³-hybridized carbons (Fsp3) is 0.250. The molecule has 0 atom stereocenters. The normalized spacial score (nSPS) is 10.2. The highest BCUT2D eigenvalue weighted by Crippen LogP contribution is 2.39. The van der Waals surface area contributed by atoms with E-state index in [1.165, 1.54) is 0 Å². The van der Waals surface area contributed by atoms with Crippen molar-refractivity contribution in [1.82, 2.24) is 0 Å². The molecule has 2 aromatic carbocycles. The van der Waals surface area contributed by atoms with Gasteiger partial charge >= 0.3 is 0 Å². The maximum absolute atomic E-state index is 9.28. The second-order valence-electron chi connectivity index (χ2n) is 4.32. The minimum atomic E-state index is 0.270. The zero-order chi connectivity index (χ0) is 15.2. The van der Waals surface area contributed by atoms with Crippen LogP contribution in [-0.2, 0) is 5.75 Å². The molecule has 0 amide bonds. The van der Waals surface area contributed by atoms with Crippen LogP contribution in [0.2, 0.25) is 0 Å². The fourth-order valence-electron chi connectivity index (χ4n) is 1.93. The second kappa shape index (κ2) is 7.13. The lowest BCUT2D eigenvalue weighted by Gasteiger charge is -2.14. The second-order valence-corrected chi connectivity index (χ2v) is 5.36. The van der Waals surface area contributed by atoms with Crippen molar-refractivity contribution in [2.24, 2.45) is 0 Å². The van der Waals surface area contributed by atoms with Gasteiger partial charge in [-0.1, -0.05) is 0 Å². The van der Waals surface area contributed by atoms with Crippen LogP contribution < -0.4 is 14.2 Å². The molecule has 0 aromatic heterocycles. The maximum Gasteiger partial charge on any atom is 0.203 e. The number of phenolic OH excluding ortho intramolecular Hbond substituents is 1. The Morgan fingerprint density at radius 2 is 1.48 bits per heavy atom. The van der Waals surface area contributed by atoms with Crippen molar-refractivity contribution in [3.8, 4) is 23.0 Å². The minimum absolute atomic E-state index is 0.270. The summed E-state index contributed by atoms with van der Waals surface area (Å²) in [5.74, 6) is 2.93. The summed E-state index contributed by atoms with van der Waals surface area (Å²) in [6.07, 6.45) is 0. The van der Waals surface area contributed by atoms with Crippen molar-refractivity contribution >= 4 is 11.8 Å². The lowest BCUT2D eigenvalue weighted by atomic mass is 10.2. The lowest BCUT2D eigenvalue weighted by Crippen LogP contribution is -1.96. The molecule has 0 heterocycles. The number of phenols is 1. The van der Waals surface area contributed by atoms with E-state index < -0.39 is 0 Å². The van der Waals surface area contributed by atoms with Gasteiger partial charge in [0.05, 0.1) is 21.3 Å². The molecule has 0 aliphatic heterocycles. The third-order valence-electron chi connectivity index (χ3n) is 2.97. The Kier molecular flexibility index (Phi) is 5.22. The van der Waals surface area contributed by atoms with E-state index in [2.05, 4.69) is 0 Å². The number of hydrogen-bond donors (Lipinski definition) is 1. The summed E-state index contributed by atoms with van der Waals surface area (Å²) < 4.78 is 16.0. The van der Waals surface area contributed by atoms with E-state index in [4.69, 9.17) is 14.2 Å². The van der Waals surface area contributed by atoms with E-state index in [-0.39, 0.29) is 5.75 Å². The molecule has 0 aliphatic carbocycles. The van der Waals surface area contributed by atoms with Crippen LogP contribution in [-0.4, -0.2) is 26.4 Å². The van der Waals surface area contributed by atoms with Gasteiger partial charge in [0.2, 0.25) is 5.75 Å². The van der Waals surface area contributed by atoms with Gasteiger partial charge in [0.1, 0.15) is 5.75 Å². The Balaban J connectivity index is 2.18. The summed E-state index contributed by atoms with van der Waals surface area (Å²) in [4.78, 5) is 1.08. The van der Waals surface area contributed by atoms with Crippen molar-refractivity contribution in [2.45, 2.75) is 10.6 Å². The number of benzene rings is 2. The Morgan fingerprint density at radius 1 is 0.905 bits per heavy atom. The third kappa shape index (κ3) is 3.76. The predicted molar refractivity (Wildman–Crippen MR) is 83.8 cm³/mol. The monoisotopic (exact) mass is 306 g/mol. The molecule has 0 bridgehead atoms. The zero-order valence-corrected chi connectivity index (χ0v) is 13.1. The smallest absolute Gasteiger partial charge is 0.203 e. The van der Waals surface area contributed by atoms with E-state index >= 15 is 0 Å². The van der Waals surface area contributed by atoms with Crippen LogP contribution in [0.15, 0.2) is 41.3 Å². The molecule has 0 aliphatic rings. The maximum atomic E-state index is 9.28. The minimum Gasteiger partial charge on any atom is -0.508 e. The number of thioether (sulfide) groups is 1. The van der Waals surface area contributed by atoms with Gasteiger partial charge in [0.15, 0.2) is 11.5 Å². The Labute approximate surface area is 128 Å². The van der Waals surface area contributed by atoms with Crippen LogP contribution in [0.4, 0.5) is 0 Å². The van der Waals surface area contributed by atoms with Gasteiger partial charge in [-0.05, 0) is 42.0 Å². The van der Waals surface area contributed by atoms with Crippen molar-refractivity contribution in [2.75, 3.05) is 21.3 Å². The van der Waals surface area contributed by atoms with E-state index in [0.29, 0.717) is 17.2 Å². The largest absolute Gasteiger partial charge is 0.508 e. The number of ether oxygens (including phenoxy) is 3. The van der Waals surface area contributed by atoms with Crippen molar-refractivity contribution in [1.29, 1.82) is 0 Å². The Morgan fingerprint density at radius 3 is 1.95 bits per heavy atom. The molecular weight excluding hydrogens is 288 g/mol. The molecule has 1 N–H and O–H groups in total.